The van der Waals surface area contributed by atoms with E-state index in [0.29, 0.717) is 35.2 Å². The number of oxime groups is 1. The minimum atomic E-state index is -1.26. The number of carboxylic acids is 2. The van der Waals surface area contributed by atoms with Crippen molar-refractivity contribution in [2.75, 3.05) is 20.2 Å². The summed E-state index contributed by atoms with van der Waals surface area (Å²) in [7, 11) is 1.83. The third kappa shape index (κ3) is 5.62. The number of rotatable bonds is 5. The van der Waals surface area contributed by atoms with Gasteiger partial charge in [-0.05, 0) is 80.6 Å². The van der Waals surface area contributed by atoms with Crippen molar-refractivity contribution in [2.45, 2.75) is 83.8 Å². The first-order chi connectivity index (χ1) is 17.6. The molecule has 5 fully saturated rings. The van der Waals surface area contributed by atoms with E-state index in [4.69, 9.17) is 19.8 Å². The van der Waals surface area contributed by atoms with Crippen molar-refractivity contribution in [1.29, 1.82) is 0 Å². The molecule has 4 saturated carbocycles. The normalized spacial score (nSPS) is 41.9. The number of hydrogen-bond acceptors (Lipinski definition) is 7. The number of carboxylic acid groups (broad SMARTS) is 2. The van der Waals surface area contributed by atoms with E-state index in [9.17, 15) is 14.4 Å². The van der Waals surface area contributed by atoms with Crippen molar-refractivity contribution in [3.05, 3.63) is 12.2 Å². The number of carbonyl (C=O) groups is 3. The van der Waals surface area contributed by atoms with E-state index in [0.717, 1.165) is 69.2 Å². The van der Waals surface area contributed by atoms with Gasteiger partial charge in [-0.15, -0.1) is 0 Å². The van der Waals surface area contributed by atoms with Gasteiger partial charge in [-0.3, -0.25) is 4.79 Å². The number of Topliss-reactive ketones (excluding diaryl/α,β-unsaturated/α-hetero) is 1. The number of nitrogens with one attached hydrogen (secondary N) is 1. The van der Waals surface area contributed by atoms with Gasteiger partial charge in [0.1, 0.15) is 11.9 Å². The summed E-state index contributed by atoms with van der Waals surface area (Å²) in [6, 6.07) is 0. The summed E-state index contributed by atoms with van der Waals surface area (Å²) in [6.45, 7) is 6.72. The monoisotopic (exact) mass is 518 g/mol. The van der Waals surface area contributed by atoms with Crippen LogP contribution in [0.25, 0.3) is 0 Å². The molecule has 37 heavy (non-hydrogen) atoms. The van der Waals surface area contributed by atoms with Gasteiger partial charge in [0.25, 0.3) is 0 Å². The van der Waals surface area contributed by atoms with Gasteiger partial charge >= 0.3 is 11.9 Å². The molecule has 0 bridgehead atoms. The van der Waals surface area contributed by atoms with Gasteiger partial charge in [-0.2, -0.15) is 0 Å². The fourth-order valence-electron chi connectivity index (χ4n) is 8.18. The van der Waals surface area contributed by atoms with Crippen LogP contribution in [0.5, 0.6) is 0 Å². The van der Waals surface area contributed by atoms with Gasteiger partial charge in [0, 0.05) is 44.1 Å². The van der Waals surface area contributed by atoms with E-state index in [-0.39, 0.29) is 17.6 Å². The van der Waals surface area contributed by atoms with Crippen molar-refractivity contribution >= 4 is 23.4 Å². The summed E-state index contributed by atoms with van der Waals surface area (Å²) in [6.07, 6.45) is 11.3. The third-order valence-electron chi connectivity index (χ3n) is 10.2. The van der Waals surface area contributed by atoms with Crippen LogP contribution in [0.3, 0.4) is 0 Å². The molecule has 8 atom stereocenters. The van der Waals surface area contributed by atoms with Crippen molar-refractivity contribution in [3.63, 3.8) is 0 Å². The van der Waals surface area contributed by atoms with E-state index in [1.807, 2.05) is 7.11 Å². The number of fused-ring (bicyclic) bond motifs is 5. The Balaban J connectivity index is 0.000000349. The molecule has 3 N–H and O–H groups in total. The van der Waals surface area contributed by atoms with Crippen molar-refractivity contribution in [1.82, 2.24) is 5.32 Å². The second kappa shape index (κ2) is 11.2. The molecule has 0 radical (unpaired) electrons. The fraction of sp³-hybridized carbons (Fsp3) is 0.786. The summed E-state index contributed by atoms with van der Waals surface area (Å²) < 4.78 is 5.96. The summed E-state index contributed by atoms with van der Waals surface area (Å²) >= 11 is 0. The van der Waals surface area contributed by atoms with E-state index < -0.39 is 11.9 Å². The van der Waals surface area contributed by atoms with Crippen LogP contribution >= 0.6 is 0 Å². The topological polar surface area (TPSA) is 135 Å². The number of ether oxygens (including phenoxy) is 1. The average molecular weight is 519 g/mol. The molecule has 4 aliphatic carbocycles. The number of carbonyl (C=O) groups excluding carboxylic acids is 1. The highest BCUT2D eigenvalue weighted by molar-refractivity contribution is 5.90. The Bertz CT molecular complexity index is 927. The van der Waals surface area contributed by atoms with Gasteiger partial charge in [0.2, 0.25) is 0 Å². The van der Waals surface area contributed by atoms with E-state index >= 15 is 0 Å². The van der Waals surface area contributed by atoms with Gasteiger partial charge in [0.05, 0.1) is 11.8 Å². The Kier molecular flexibility index (Phi) is 8.43. The van der Waals surface area contributed by atoms with E-state index in [2.05, 4.69) is 24.3 Å². The van der Waals surface area contributed by atoms with Crippen LogP contribution in [0, 0.1) is 34.5 Å². The average Bonchev–Trinajstić information content (AvgIpc) is 3.49. The van der Waals surface area contributed by atoms with Crippen molar-refractivity contribution < 1.29 is 34.2 Å². The molecule has 2 unspecified atom stereocenters. The van der Waals surface area contributed by atoms with Crippen LogP contribution in [0.1, 0.15) is 71.6 Å². The van der Waals surface area contributed by atoms with E-state index in [1.54, 1.807) is 0 Å². The maximum Gasteiger partial charge on any atom is 0.328 e. The second-order valence-corrected chi connectivity index (χ2v) is 12.0. The Morgan fingerprint density at radius 3 is 2.41 bits per heavy atom. The third-order valence-corrected chi connectivity index (χ3v) is 10.2. The molecule has 0 spiro atoms. The molecule has 1 saturated heterocycles. The molecular weight excluding hydrogens is 476 g/mol. The molecule has 0 amide bonds. The Labute approximate surface area is 219 Å². The standard InChI is InChI=1S/C24H38N2O3.C4H4O4/c1-23-10-8-19-17(18(23)6-7-22(23)27)5-4-15-12-20(21(28-3)13-24(15,19)2)26-29-16-9-11-25-14-16;5-3(6)1-2-4(7)8/h15-19,21,25H,4-14H2,1-3H3;1-2H,(H,5,6)(H,7,8)/b;2-1+/t15?,16-,17+,18+,19+,21?,23+,24+;/m1./s1. The van der Waals surface area contributed by atoms with Crippen LogP contribution in [0.4, 0.5) is 0 Å². The molecule has 0 aromatic rings. The first kappa shape index (κ1) is 27.8. The number of ketones is 1. The molecule has 0 aromatic heterocycles. The van der Waals surface area contributed by atoms with Gasteiger partial charge < -0.3 is 25.1 Å². The predicted octanol–water partition coefficient (Wildman–Crippen LogP) is 3.67. The maximum absolute atomic E-state index is 12.6. The van der Waals surface area contributed by atoms with Crippen molar-refractivity contribution in [3.8, 4) is 0 Å². The molecule has 0 aromatic carbocycles. The van der Waals surface area contributed by atoms with Gasteiger partial charge in [-0.25, -0.2) is 9.59 Å². The first-order valence-electron chi connectivity index (χ1n) is 13.7. The molecule has 206 valence electrons. The smallest absolute Gasteiger partial charge is 0.328 e. The summed E-state index contributed by atoms with van der Waals surface area (Å²) in [5.74, 6) is 0.753. The van der Waals surface area contributed by atoms with Crippen LogP contribution in [-0.2, 0) is 24.0 Å². The Morgan fingerprint density at radius 1 is 1.05 bits per heavy atom. The Morgan fingerprint density at radius 2 is 1.78 bits per heavy atom. The lowest BCUT2D eigenvalue weighted by Crippen LogP contribution is -2.56. The predicted molar refractivity (Wildman–Crippen MR) is 137 cm³/mol. The number of nitrogens with zero attached hydrogens (tertiary/aromatic N) is 1. The molecule has 5 rings (SSSR count). The number of aliphatic carboxylic acids is 2. The molecule has 9 heteroatoms. The molecule has 9 nitrogen and oxygen atoms in total. The largest absolute Gasteiger partial charge is 0.478 e. The van der Waals surface area contributed by atoms with Crippen molar-refractivity contribution in [2.24, 2.45) is 39.7 Å². The fourth-order valence-corrected chi connectivity index (χ4v) is 8.18. The number of methoxy groups -OCH3 is 1. The highest BCUT2D eigenvalue weighted by Crippen LogP contribution is 2.65. The summed E-state index contributed by atoms with van der Waals surface area (Å²) in [4.78, 5) is 37.6. The van der Waals surface area contributed by atoms with Crippen LogP contribution < -0.4 is 5.32 Å². The lowest BCUT2D eigenvalue weighted by atomic mass is 9.45. The zero-order valence-electron chi connectivity index (χ0n) is 22.3. The Hall–Kier alpha value is -2.26. The number of hydrogen-bond donors (Lipinski definition) is 3. The summed E-state index contributed by atoms with van der Waals surface area (Å²) in [5, 5.41) is 23.6. The SMILES string of the molecule is COC1C[C@@]2(C)C(CC[C@@H]3[C@@H]2CC[C@]2(C)C(=O)CC[C@@H]32)CC1=NO[C@@H]1CCNC1.O=C(O)/C=C/C(=O)O. The van der Waals surface area contributed by atoms with Crippen LogP contribution in [0.15, 0.2) is 17.3 Å². The minimum Gasteiger partial charge on any atom is -0.478 e. The molecular formula is C28H42N2O7. The summed E-state index contributed by atoms with van der Waals surface area (Å²) in [5.41, 5.74) is 1.39. The molecule has 1 aliphatic heterocycles. The minimum absolute atomic E-state index is 0.0323. The molecule has 1 heterocycles. The lowest BCUT2D eigenvalue weighted by Gasteiger charge is -2.60. The van der Waals surface area contributed by atoms with Crippen LogP contribution in [0.2, 0.25) is 0 Å². The highest BCUT2D eigenvalue weighted by atomic mass is 16.6. The quantitative estimate of drug-likeness (QED) is 0.371. The highest BCUT2D eigenvalue weighted by Gasteiger charge is 2.61. The van der Waals surface area contributed by atoms with Gasteiger partial charge in [0.15, 0.2) is 0 Å². The van der Waals surface area contributed by atoms with Gasteiger partial charge in [-0.1, -0.05) is 19.0 Å². The maximum atomic E-state index is 12.6. The first-order valence-corrected chi connectivity index (χ1v) is 13.7. The lowest BCUT2D eigenvalue weighted by molar-refractivity contribution is -0.139. The zero-order chi connectivity index (χ0) is 26.8. The zero-order valence-corrected chi connectivity index (χ0v) is 22.3. The molecule has 5 aliphatic rings. The second-order valence-electron chi connectivity index (χ2n) is 12.0. The van der Waals surface area contributed by atoms with E-state index in [1.165, 1.54) is 19.3 Å². The van der Waals surface area contributed by atoms with Crippen LogP contribution in [-0.4, -0.2) is 66.1 Å².